The maximum Gasteiger partial charge on any atom is 0.338 e. The van der Waals surface area contributed by atoms with Crippen LogP contribution in [0.3, 0.4) is 0 Å². The Hall–Kier alpha value is -3.43. The monoisotopic (exact) mass is 583 g/mol. The second-order valence-corrected chi connectivity index (χ2v) is 13.0. The number of amides is 2. The molecule has 0 aliphatic heterocycles. The normalized spacial score (nSPS) is 13.4. The summed E-state index contributed by atoms with van der Waals surface area (Å²) in [6, 6.07) is 10.9. The van der Waals surface area contributed by atoms with Gasteiger partial charge in [-0.15, -0.1) is 0 Å². The summed E-state index contributed by atoms with van der Waals surface area (Å²) in [5.74, 6) is -1.74. The highest BCUT2D eigenvalue weighted by atomic mass is 16.6. The average molecular weight is 584 g/mol. The topological polar surface area (TPSA) is 126 Å². The summed E-state index contributed by atoms with van der Waals surface area (Å²) in [6.45, 7) is 18.0. The van der Waals surface area contributed by atoms with Crippen LogP contribution in [0.15, 0.2) is 42.5 Å². The number of benzene rings is 2. The number of carbonyl (C=O) groups excluding carboxylic acids is 3. The molecular weight excluding hydrogens is 534 g/mol. The molecule has 9 heteroatoms. The lowest BCUT2D eigenvalue weighted by Crippen LogP contribution is -2.56. The smallest absolute Gasteiger partial charge is 0.338 e. The van der Waals surface area contributed by atoms with E-state index >= 15 is 0 Å². The predicted octanol–water partition coefficient (Wildman–Crippen LogP) is 4.79. The SMILES string of the molecule is CCOC(=O)C(NC(=O)[C@H](CC(C)C)NOCc1ccccc1)C(=O)NCc1cc(C(C)(C)C)c(O)c(C(C)(C)C)c1. The third-order valence-corrected chi connectivity index (χ3v) is 6.65. The third kappa shape index (κ3) is 10.4. The molecule has 2 atom stereocenters. The van der Waals surface area contributed by atoms with Crippen LogP contribution in [-0.2, 0) is 47.9 Å². The number of phenolic OH excluding ortho intramolecular Hbond substituents is 1. The molecule has 0 bridgehead atoms. The molecule has 232 valence electrons. The molecule has 2 aromatic rings. The second kappa shape index (κ2) is 15.2. The van der Waals surface area contributed by atoms with Gasteiger partial charge in [-0.3, -0.25) is 14.4 Å². The van der Waals surface area contributed by atoms with Gasteiger partial charge in [0.2, 0.25) is 11.9 Å². The Bertz CT molecular complexity index is 1160. The molecule has 1 unspecified atom stereocenters. The van der Waals surface area contributed by atoms with E-state index in [1.165, 1.54) is 0 Å². The van der Waals surface area contributed by atoms with Crippen LogP contribution in [0.2, 0.25) is 0 Å². The molecule has 0 fully saturated rings. The van der Waals surface area contributed by atoms with Crippen molar-refractivity contribution in [2.24, 2.45) is 5.92 Å². The summed E-state index contributed by atoms with van der Waals surface area (Å²) >= 11 is 0. The molecule has 2 rings (SSSR count). The van der Waals surface area contributed by atoms with E-state index in [1.54, 1.807) is 6.92 Å². The Labute approximate surface area is 250 Å². The number of phenols is 1. The first-order chi connectivity index (χ1) is 19.5. The third-order valence-electron chi connectivity index (χ3n) is 6.65. The first kappa shape index (κ1) is 34.8. The highest BCUT2D eigenvalue weighted by Gasteiger charge is 2.33. The molecule has 0 saturated carbocycles. The highest BCUT2D eigenvalue weighted by Crippen LogP contribution is 2.39. The zero-order chi connectivity index (χ0) is 31.7. The van der Waals surface area contributed by atoms with E-state index in [4.69, 9.17) is 9.57 Å². The van der Waals surface area contributed by atoms with Crippen molar-refractivity contribution in [3.05, 3.63) is 64.7 Å². The van der Waals surface area contributed by atoms with Gasteiger partial charge in [0.05, 0.1) is 13.2 Å². The average Bonchev–Trinajstić information content (AvgIpc) is 2.89. The van der Waals surface area contributed by atoms with E-state index in [-0.39, 0.29) is 42.3 Å². The van der Waals surface area contributed by atoms with E-state index in [2.05, 4.69) is 16.1 Å². The van der Waals surface area contributed by atoms with Crippen molar-refractivity contribution >= 4 is 17.8 Å². The van der Waals surface area contributed by atoms with E-state index in [0.717, 1.165) is 22.3 Å². The molecule has 0 aromatic heterocycles. The van der Waals surface area contributed by atoms with Gasteiger partial charge in [0.25, 0.3) is 5.91 Å². The molecule has 42 heavy (non-hydrogen) atoms. The van der Waals surface area contributed by atoms with Crippen molar-refractivity contribution < 1.29 is 29.1 Å². The van der Waals surface area contributed by atoms with Gasteiger partial charge in [-0.2, -0.15) is 5.48 Å². The summed E-state index contributed by atoms with van der Waals surface area (Å²) < 4.78 is 5.12. The molecule has 9 nitrogen and oxygen atoms in total. The zero-order valence-electron chi connectivity index (χ0n) is 26.6. The van der Waals surface area contributed by atoms with Gasteiger partial charge < -0.3 is 20.5 Å². The van der Waals surface area contributed by atoms with Gasteiger partial charge in [-0.25, -0.2) is 4.79 Å². The fourth-order valence-electron chi connectivity index (χ4n) is 4.41. The molecule has 2 aromatic carbocycles. The maximum absolute atomic E-state index is 13.3. The van der Waals surface area contributed by atoms with Gasteiger partial charge in [0.1, 0.15) is 11.8 Å². The maximum atomic E-state index is 13.3. The molecule has 0 saturated heterocycles. The van der Waals surface area contributed by atoms with E-state index < -0.39 is 29.9 Å². The minimum absolute atomic E-state index is 0.0498. The standard InChI is InChI=1S/C33H49N3O6/c1-10-41-31(40)27(35-29(38)26(16-21(2)3)36-42-20-22-14-12-11-13-15-22)30(39)34-19-23-17-24(32(4,5)6)28(37)25(18-23)33(7,8)9/h11-15,17-18,21,26-27,36-37H,10,16,19-20H2,1-9H3,(H,34,39)(H,35,38)/t26-,27?/m0/s1. The summed E-state index contributed by atoms with van der Waals surface area (Å²) in [5.41, 5.74) is 5.32. The molecule has 2 amide bonds. The Kier molecular flexibility index (Phi) is 12.6. The van der Waals surface area contributed by atoms with E-state index in [9.17, 15) is 19.5 Å². The molecule has 0 spiro atoms. The summed E-state index contributed by atoms with van der Waals surface area (Å²) in [5, 5.41) is 16.4. The Morgan fingerprint density at radius 2 is 1.45 bits per heavy atom. The van der Waals surface area contributed by atoms with Crippen LogP contribution in [0.1, 0.15) is 91.0 Å². The number of esters is 1. The number of ether oxygens (including phenoxy) is 1. The number of carbonyl (C=O) groups is 3. The van der Waals surface area contributed by atoms with Crippen LogP contribution >= 0.6 is 0 Å². The fourth-order valence-corrected chi connectivity index (χ4v) is 4.41. The first-order valence-electron chi connectivity index (χ1n) is 14.6. The molecule has 0 radical (unpaired) electrons. The molecule has 0 aliphatic rings. The zero-order valence-corrected chi connectivity index (χ0v) is 26.6. The summed E-state index contributed by atoms with van der Waals surface area (Å²) in [4.78, 5) is 45.0. The predicted molar refractivity (Wildman–Crippen MR) is 164 cm³/mol. The van der Waals surface area contributed by atoms with Crippen LogP contribution in [0.25, 0.3) is 0 Å². The van der Waals surface area contributed by atoms with Gasteiger partial charge in [-0.1, -0.05) is 85.7 Å². The summed E-state index contributed by atoms with van der Waals surface area (Å²) in [7, 11) is 0. The molecule has 0 aliphatic carbocycles. The van der Waals surface area contributed by atoms with Crippen LogP contribution in [0.5, 0.6) is 5.75 Å². The van der Waals surface area contributed by atoms with Crippen molar-refractivity contribution in [3.8, 4) is 5.75 Å². The van der Waals surface area contributed by atoms with Gasteiger partial charge in [0, 0.05) is 6.54 Å². The quantitative estimate of drug-likeness (QED) is 0.152. The number of rotatable bonds is 13. The Morgan fingerprint density at radius 3 is 1.95 bits per heavy atom. The lowest BCUT2D eigenvalue weighted by atomic mass is 9.78. The summed E-state index contributed by atoms with van der Waals surface area (Å²) in [6.07, 6.45) is 0.413. The molecular formula is C33H49N3O6. The van der Waals surface area contributed by atoms with Crippen molar-refractivity contribution in [2.45, 2.75) is 105 Å². The van der Waals surface area contributed by atoms with Crippen LogP contribution in [0.4, 0.5) is 0 Å². The Balaban J connectivity index is 2.22. The largest absolute Gasteiger partial charge is 0.507 e. The number of hydroxylamine groups is 1. The number of nitrogens with one attached hydrogen (secondary N) is 3. The van der Waals surface area contributed by atoms with E-state index in [1.807, 2.05) is 97.9 Å². The van der Waals surface area contributed by atoms with Crippen LogP contribution < -0.4 is 16.1 Å². The highest BCUT2D eigenvalue weighted by molar-refractivity contribution is 6.05. The van der Waals surface area contributed by atoms with Crippen molar-refractivity contribution in [2.75, 3.05) is 6.61 Å². The van der Waals surface area contributed by atoms with Crippen molar-refractivity contribution in [3.63, 3.8) is 0 Å². The van der Waals surface area contributed by atoms with Gasteiger partial charge in [-0.05, 0) is 64.5 Å². The first-order valence-corrected chi connectivity index (χ1v) is 14.6. The minimum atomic E-state index is -1.55. The second-order valence-electron chi connectivity index (χ2n) is 13.0. The van der Waals surface area contributed by atoms with Crippen LogP contribution in [0, 0.1) is 5.92 Å². The Morgan fingerprint density at radius 1 is 0.881 bits per heavy atom. The number of aromatic hydroxyl groups is 1. The fraction of sp³-hybridized carbons (Fsp3) is 0.545. The minimum Gasteiger partial charge on any atom is -0.507 e. The number of hydrogen-bond donors (Lipinski definition) is 4. The molecule has 4 N–H and O–H groups in total. The van der Waals surface area contributed by atoms with Gasteiger partial charge >= 0.3 is 5.97 Å². The number of hydrogen-bond acceptors (Lipinski definition) is 7. The van der Waals surface area contributed by atoms with Gasteiger partial charge in [0.15, 0.2) is 0 Å². The van der Waals surface area contributed by atoms with Crippen molar-refractivity contribution in [1.82, 2.24) is 16.1 Å². The lowest BCUT2D eigenvalue weighted by Gasteiger charge is -2.28. The van der Waals surface area contributed by atoms with E-state index in [0.29, 0.717) is 6.42 Å². The van der Waals surface area contributed by atoms with Crippen LogP contribution in [-0.4, -0.2) is 41.6 Å². The molecule has 0 heterocycles. The van der Waals surface area contributed by atoms with Crippen molar-refractivity contribution in [1.29, 1.82) is 0 Å². The lowest BCUT2D eigenvalue weighted by molar-refractivity contribution is -0.152.